The highest BCUT2D eigenvalue weighted by Crippen LogP contribution is 2.31. The van der Waals surface area contributed by atoms with Gasteiger partial charge in [-0.1, -0.05) is 34.6 Å². The summed E-state index contributed by atoms with van der Waals surface area (Å²) >= 11 is 3.43. The fraction of sp³-hybridized carbons (Fsp3) is 1.00. The van der Waals surface area contributed by atoms with Crippen molar-refractivity contribution in [3.63, 3.8) is 0 Å². The highest BCUT2D eigenvalue weighted by molar-refractivity contribution is 9.09. The standard InChI is InChI=1S/C7H12BrF3S/c1-2-6(8)4-3-5-12-7(9,10)11/h6H,2-5H2,1H3. The molecule has 0 saturated carbocycles. The van der Waals surface area contributed by atoms with Crippen LogP contribution in [-0.2, 0) is 0 Å². The fourth-order valence-corrected chi connectivity index (χ4v) is 1.56. The van der Waals surface area contributed by atoms with Crippen LogP contribution in [0.3, 0.4) is 0 Å². The second kappa shape index (κ2) is 6.13. The normalized spacial score (nSPS) is 14.8. The largest absolute Gasteiger partial charge is 0.441 e. The summed E-state index contributed by atoms with van der Waals surface area (Å²) in [6.07, 6.45) is 2.41. The van der Waals surface area contributed by atoms with Gasteiger partial charge in [-0.15, -0.1) is 0 Å². The summed E-state index contributed by atoms with van der Waals surface area (Å²) in [6, 6.07) is 0. The van der Waals surface area contributed by atoms with Crippen LogP contribution >= 0.6 is 27.7 Å². The zero-order chi connectivity index (χ0) is 9.61. The lowest BCUT2D eigenvalue weighted by Gasteiger charge is -2.07. The Hall–Kier alpha value is 0.620. The van der Waals surface area contributed by atoms with Crippen molar-refractivity contribution in [1.29, 1.82) is 0 Å². The Morgan fingerprint density at radius 1 is 1.42 bits per heavy atom. The molecule has 0 aromatic rings. The highest BCUT2D eigenvalue weighted by atomic mass is 79.9. The van der Waals surface area contributed by atoms with E-state index in [1.807, 2.05) is 6.92 Å². The van der Waals surface area contributed by atoms with E-state index >= 15 is 0 Å². The average molecular weight is 265 g/mol. The predicted molar refractivity (Wildman–Crippen MR) is 50.8 cm³/mol. The highest BCUT2D eigenvalue weighted by Gasteiger charge is 2.27. The third kappa shape index (κ3) is 8.71. The van der Waals surface area contributed by atoms with E-state index in [4.69, 9.17) is 0 Å². The van der Waals surface area contributed by atoms with Crippen molar-refractivity contribution in [3.8, 4) is 0 Å². The van der Waals surface area contributed by atoms with Gasteiger partial charge >= 0.3 is 5.51 Å². The lowest BCUT2D eigenvalue weighted by atomic mass is 10.2. The first-order valence-electron chi connectivity index (χ1n) is 3.80. The lowest BCUT2D eigenvalue weighted by molar-refractivity contribution is -0.0328. The number of rotatable bonds is 5. The van der Waals surface area contributed by atoms with Crippen LogP contribution in [0.2, 0.25) is 0 Å². The molecule has 1 atom stereocenters. The third-order valence-corrected chi connectivity index (χ3v) is 3.30. The van der Waals surface area contributed by atoms with Crippen molar-refractivity contribution >= 4 is 27.7 Å². The molecule has 0 nitrogen and oxygen atoms in total. The van der Waals surface area contributed by atoms with Crippen molar-refractivity contribution in [3.05, 3.63) is 0 Å². The summed E-state index contributed by atoms with van der Waals surface area (Å²) in [5, 5.41) is 0. The molecule has 0 aliphatic rings. The van der Waals surface area contributed by atoms with Gasteiger partial charge in [0.15, 0.2) is 0 Å². The maximum Gasteiger partial charge on any atom is 0.441 e. The number of hydrogen-bond donors (Lipinski definition) is 0. The van der Waals surface area contributed by atoms with E-state index in [-0.39, 0.29) is 17.5 Å². The van der Waals surface area contributed by atoms with Gasteiger partial charge in [0, 0.05) is 10.6 Å². The number of hydrogen-bond acceptors (Lipinski definition) is 1. The topological polar surface area (TPSA) is 0 Å². The Kier molecular flexibility index (Phi) is 6.45. The van der Waals surface area contributed by atoms with Gasteiger partial charge in [0.1, 0.15) is 0 Å². The van der Waals surface area contributed by atoms with E-state index in [9.17, 15) is 13.2 Å². The van der Waals surface area contributed by atoms with E-state index in [1.54, 1.807) is 0 Å². The molecule has 0 spiro atoms. The van der Waals surface area contributed by atoms with Crippen LogP contribution in [0.1, 0.15) is 26.2 Å². The van der Waals surface area contributed by atoms with E-state index in [0.717, 1.165) is 12.8 Å². The number of halogens is 4. The molecule has 0 saturated heterocycles. The molecule has 0 amide bonds. The molecule has 0 N–H and O–H groups in total. The van der Waals surface area contributed by atoms with Crippen molar-refractivity contribution < 1.29 is 13.2 Å². The van der Waals surface area contributed by atoms with Crippen LogP contribution in [0.4, 0.5) is 13.2 Å². The monoisotopic (exact) mass is 264 g/mol. The van der Waals surface area contributed by atoms with Crippen LogP contribution in [-0.4, -0.2) is 16.1 Å². The van der Waals surface area contributed by atoms with Crippen LogP contribution < -0.4 is 0 Å². The SMILES string of the molecule is CCC(Br)CCCSC(F)(F)F. The molecular weight excluding hydrogens is 253 g/mol. The zero-order valence-electron chi connectivity index (χ0n) is 6.83. The van der Waals surface area contributed by atoms with E-state index in [0.29, 0.717) is 11.2 Å². The predicted octanol–water partition coefficient (Wildman–Crippen LogP) is 4.19. The molecule has 0 heterocycles. The van der Waals surface area contributed by atoms with E-state index in [2.05, 4.69) is 15.9 Å². The summed E-state index contributed by atoms with van der Waals surface area (Å²) in [5.74, 6) is 0.172. The molecule has 5 heteroatoms. The first-order chi connectivity index (χ1) is 5.45. The quantitative estimate of drug-likeness (QED) is 0.530. The Balaban J connectivity index is 3.22. The third-order valence-electron chi connectivity index (χ3n) is 1.37. The maximum absolute atomic E-state index is 11.6. The van der Waals surface area contributed by atoms with Crippen molar-refractivity contribution in [2.75, 3.05) is 5.75 Å². The number of thioether (sulfide) groups is 1. The smallest absolute Gasteiger partial charge is 0.160 e. The molecule has 0 rings (SSSR count). The summed E-state index contributed by atoms with van der Waals surface area (Å²) in [4.78, 5) is 0.367. The zero-order valence-corrected chi connectivity index (χ0v) is 9.23. The van der Waals surface area contributed by atoms with Crippen molar-refractivity contribution in [1.82, 2.24) is 0 Å². The summed E-state index contributed by atoms with van der Waals surface area (Å²) in [6.45, 7) is 2.01. The van der Waals surface area contributed by atoms with Crippen LogP contribution in [0.15, 0.2) is 0 Å². The van der Waals surface area contributed by atoms with Gasteiger partial charge < -0.3 is 0 Å². The van der Waals surface area contributed by atoms with Crippen LogP contribution in [0.5, 0.6) is 0 Å². The van der Waals surface area contributed by atoms with E-state index < -0.39 is 5.51 Å². The van der Waals surface area contributed by atoms with Gasteiger partial charge in [0.25, 0.3) is 0 Å². The molecule has 0 fully saturated rings. The maximum atomic E-state index is 11.6. The molecule has 12 heavy (non-hydrogen) atoms. The second-order valence-electron chi connectivity index (χ2n) is 2.44. The number of alkyl halides is 4. The van der Waals surface area contributed by atoms with Gasteiger partial charge in [-0.05, 0) is 19.3 Å². The van der Waals surface area contributed by atoms with Gasteiger partial charge in [-0.2, -0.15) is 13.2 Å². The molecule has 0 aromatic carbocycles. The molecular formula is C7H12BrF3S. The minimum atomic E-state index is -4.06. The molecule has 1 unspecified atom stereocenters. The Labute approximate surface area is 83.4 Å². The minimum absolute atomic E-state index is 0.0652. The average Bonchev–Trinajstić information content (AvgIpc) is 1.96. The van der Waals surface area contributed by atoms with Gasteiger partial charge in [-0.25, -0.2) is 0 Å². The Bertz CT molecular complexity index is 116. The fourth-order valence-electron chi connectivity index (χ4n) is 0.697. The molecule has 74 valence electrons. The summed E-state index contributed by atoms with van der Waals surface area (Å²) in [5.41, 5.74) is -4.06. The molecule has 0 bridgehead atoms. The Morgan fingerprint density at radius 2 is 2.00 bits per heavy atom. The molecule has 0 radical (unpaired) electrons. The van der Waals surface area contributed by atoms with Crippen molar-refractivity contribution in [2.45, 2.75) is 36.5 Å². The van der Waals surface area contributed by atoms with Gasteiger partial charge in [-0.3, -0.25) is 0 Å². The van der Waals surface area contributed by atoms with Gasteiger partial charge in [0.05, 0.1) is 0 Å². The first-order valence-corrected chi connectivity index (χ1v) is 5.70. The molecule has 0 aliphatic carbocycles. The molecule has 0 aliphatic heterocycles. The summed E-state index contributed by atoms with van der Waals surface area (Å²) in [7, 11) is 0. The van der Waals surface area contributed by atoms with E-state index in [1.165, 1.54) is 0 Å². The lowest BCUT2D eigenvalue weighted by Crippen LogP contribution is -2.03. The molecule has 0 aromatic heterocycles. The van der Waals surface area contributed by atoms with Crippen LogP contribution in [0.25, 0.3) is 0 Å². The summed E-state index contributed by atoms with van der Waals surface area (Å²) < 4.78 is 34.8. The van der Waals surface area contributed by atoms with Crippen molar-refractivity contribution in [2.24, 2.45) is 0 Å². The van der Waals surface area contributed by atoms with Crippen LogP contribution in [0, 0.1) is 0 Å². The first kappa shape index (κ1) is 12.6. The van der Waals surface area contributed by atoms with Gasteiger partial charge in [0.2, 0.25) is 0 Å². The Morgan fingerprint density at radius 3 is 2.42 bits per heavy atom. The minimum Gasteiger partial charge on any atom is -0.160 e. The second-order valence-corrected chi connectivity index (χ2v) is 4.90.